The average Bonchev–Trinajstić information content (AvgIpc) is 2.25. The molecule has 0 radical (unpaired) electrons. The molecule has 1 aromatic rings. The summed E-state index contributed by atoms with van der Waals surface area (Å²) in [7, 11) is 0. The lowest BCUT2D eigenvalue weighted by Gasteiger charge is -2.25. The molecule has 1 aromatic carbocycles. The zero-order chi connectivity index (χ0) is 12.6. The second-order valence-electron chi connectivity index (χ2n) is 5.46. The van der Waals surface area contributed by atoms with Gasteiger partial charge in [-0.3, -0.25) is 4.79 Å². The first-order valence-electron chi connectivity index (χ1n) is 5.79. The predicted molar refractivity (Wildman–Crippen MR) is 66.8 cm³/mol. The molecule has 88 valence electrons. The zero-order valence-corrected chi connectivity index (χ0v) is 10.4. The van der Waals surface area contributed by atoms with Crippen LogP contribution in [-0.2, 0) is 16.6 Å². The Morgan fingerprint density at radius 2 is 2.00 bits per heavy atom. The van der Waals surface area contributed by atoms with Gasteiger partial charge >= 0.3 is 0 Å². The first-order chi connectivity index (χ1) is 7.91. The maximum absolute atomic E-state index is 11.3. The number of hydrogen-bond acceptors (Lipinski definition) is 2. The molecule has 0 aromatic heterocycles. The van der Waals surface area contributed by atoms with E-state index in [9.17, 15) is 10.1 Å². The Labute approximate surface area is 101 Å². The van der Waals surface area contributed by atoms with Gasteiger partial charge in [0.1, 0.15) is 0 Å². The number of anilines is 1. The van der Waals surface area contributed by atoms with Crippen LogP contribution in [0.5, 0.6) is 0 Å². The van der Waals surface area contributed by atoms with E-state index in [1.807, 2.05) is 0 Å². The highest BCUT2D eigenvalue weighted by atomic mass is 16.1. The number of carbonyl (C=O) groups is 1. The summed E-state index contributed by atoms with van der Waals surface area (Å²) in [4.78, 5) is 11.3. The van der Waals surface area contributed by atoms with E-state index in [2.05, 4.69) is 38.2 Å². The van der Waals surface area contributed by atoms with Crippen molar-refractivity contribution in [2.45, 2.75) is 39.0 Å². The molecule has 1 aliphatic rings. The third kappa shape index (κ3) is 2.16. The van der Waals surface area contributed by atoms with Gasteiger partial charge in [0.2, 0.25) is 5.91 Å². The zero-order valence-electron chi connectivity index (χ0n) is 10.4. The monoisotopic (exact) mass is 228 g/mol. The summed E-state index contributed by atoms with van der Waals surface area (Å²) in [6.07, 6.45) is 1.29. The van der Waals surface area contributed by atoms with Crippen LogP contribution in [0.25, 0.3) is 0 Å². The van der Waals surface area contributed by atoms with Crippen molar-refractivity contribution in [3.8, 4) is 6.07 Å². The summed E-state index contributed by atoms with van der Waals surface area (Å²) in [6.45, 7) is 6.28. The highest BCUT2D eigenvalue weighted by Gasteiger charge is 2.23. The van der Waals surface area contributed by atoms with Crippen LogP contribution >= 0.6 is 0 Å². The topological polar surface area (TPSA) is 52.9 Å². The number of nitrogens with one attached hydrogen (secondary N) is 1. The maximum Gasteiger partial charge on any atom is 0.224 e. The minimum Gasteiger partial charge on any atom is -0.326 e. The van der Waals surface area contributed by atoms with Crippen LogP contribution in [0.2, 0.25) is 0 Å². The van der Waals surface area contributed by atoms with Crippen LogP contribution < -0.4 is 5.32 Å². The lowest BCUT2D eigenvalue weighted by molar-refractivity contribution is -0.116. The number of fused-ring (bicyclic) bond motifs is 1. The molecule has 0 bridgehead atoms. The first kappa shape index (κ1) is 11.7. The second kappa shape index (κ2) is 3.89. The molecule has 0 fully saturated rings. The van der Waals surface area contributed by atoms with Crippen molar-refractivity contribution < 1.29 is 4.79 Å². The van der Waals surface area contributed by atoms with E-state index in [1.54, 1.807) is 6.07 Å². The van der Waals surface area contributed by atoms with Crippen molar-refractivity contribution >= 4 is 11.6 Å². The molecule has 2 rings (SSSR count). The van der Waals surface area contributed by atoms with Crippen molar-refractivity contribution in [1.82, 2.24) is 0 Å². The SMILES string of the molecule is CC(C)(C)c1cc2c(cc1C#N)NC(=O)CC2. The fourth-order valence-corrected chi connectivity index (χ4v) is 2.14. The fourth-order valence-electron chi connectivity index (χ4n) is 2.14. The van der Waals surface area contributed by atoms with Crippen molar-refractivity contribution in [2.75, 3.05) is 5.32 Å². The molecular weight excluding hydrogens is 212 g/mol. The van der Waals surface area contributed by atoms with Gasteiger partial charge in [0.05, 0.1) is 11.6 Å². The van der Waals surface area contributed by atoms with Gasteiger partial charge in [0, 0.05) is 12.1 Å². The van der Waals surface area contributed by atoms with Crippen LogP contribution in [0, 0.1) is 11.3 Å². The quantitative estimate of drug-likeness (QED) is 0.742. The molecule has 0 aliphatic carbocycles. The molecule has 3 nitrogen and oxygen atoms in total. The fraction of sp³-hybridized carbons (Fsp3) is 0.429. The van der Waals surface area contributed by atoms with E-state index in [-0.39, 0.29) is 11.3 Å². The van der Waals surface area contributed by atoms with Crippen LogP contribution in [0.4, 0.5) is 5.69 Å². The van der Waals surface area contributed by atoms with Crippen LogP contribution in [0.15, 0.2) is 12.1 Å². The Morgan fingerprint density at radius 1 is 1.29 bits per heavy atom. The molecular formula is C14H16N2O. The van der Waals surface area contributed by atoms with Crippen LogP contribution in [-0.4, -0.2) is 5.91 Å². The number of amides is 1. The summed E-state index contributed by atoms with van der Waals surface area (Å²) in [5, 5.41) is 12.0. The highest BCUT2D eigenvalue weighted by molar-refractivity contribution is 5.94. The van der Waals surface area contributed by atoms with Crippen LogP contribution in [0.3, 0.4) is 0 Å². The number of rotatable bonds is 0. The Hall–Kier alpha value is -1.82. The molecule has 1 aliphatic heterocycles. The van der Waals surface area contributed by atoms with E-state index in [0.29, 0.717) is 12.0 Å². The van der Waals surface area contributed by atoms with Gasteiger partial charge in [0.15, 0.2) is 0 Å². The predicted octanol–water partition coefficient (Wildman–Crippen LogP) is 2.74. The second-order valence-corrected chi connectivity index (χ2v) is 5.46. The van der Waals surface area contributed by atoms with E-state index in [1.165, 1.54) is 0 Å². The normalized spacial score (nSPS) is 14.8. The Balaban J connectivity index is 2.58. The highest BCUT2D eigenvalue weighted by Crippen LogP contribution is 2.32. The number of nitriles is 1. The van der Waals surface area contributed by atoms with Gasteiger partial charge in [-0.05, 0) is 29.0 Å². The Morgan fingerprint density at radius 3 is 2.59 bits per heavy atom. The lowest BCUT2D eigenvalue weighted by atomic mass is 9.81. The van der Waals surface area contributed by atoms with Gasteiger partial charge in [-0.1, -0.05) is 26.8 Å². The molecule has 0 unspecified atom stereocenters. The molecule has 0 spiro atoms. The summed E-state index contributed by atoms with van der Waals surface area (Å²) >= 11 is 0. The van der Waals surface area contributed by atoms with E-state index in [0.717, 1.165) is 23.2 Å². The summed E-state index contributed by atoms with van der Waals surface area (Å²) in [5.41, 5.74) is 3.58. The lowest BCUT2D eigenvalue weighted by Crippen LogP contribution is -2.21. The minimum absolute atomic E-state index is 0.0323. The third-order valence-corrected chi connectivity index (χ3v) is 3.07. The van der Waals surface area contributed by atoms with Gasteiger partial charge in [-0.2, -0.15) is 5.26 Å². The molecule has 1 N–H and O–H groups in total. The van der Waals surface area contributed by atoms with Crippen molar-refractivity contribution in [3.05, 3.63) is 28.8 Å². The smallest absolute Gasteiger partial charge is 0.224 e. The molecule has 0 saturated heterocycles. The summed E-state index contributed by atoms with van der Waals surface area (Å²) in [5.74, 6) is 0.0323. The summed E-state index contributed by atoms with van der Waals surface area (Å²) < 4.78 is 0. The molecule has 0 atom stereocenters. The molecule has 17 heavy (non-hydrogen) atoms. The summed E-state index contributed by atoms with van der Waals surface area (Å²) in [6, 6.07) is 6.08. The molecule has 3 heteroatoms. The standard InChI is InChI=1S/C14H16N2O/c1-14(2,3)11-6-9-4-5-13(17)16-12(9)7-10(11)8-15/h6-7H,4-5H2,1-3H3,(H,16,17). The van der Waals surface area contributed by atoms with Gasteiger partial charge in [-0.15, -0.1) is 0 Å². The van der Waals surface area contributed by atoms with Gasteiger partial charge in [-0.25, -0.2) is 0 Å². The molecule has 1 heterocycles. The van der Waals surface area contributed by atoms with Crippen molar-refractivity contribution in [3.63, 3.8) is 0 Å². The van der Waals surface area contributed by atoms with E-state index >= 15 is 0 Å². The minimum atomic E-state index is -0.0540. The molecule has 0 saturated carbocycles. The number of hydrogen-bond donors (Lipinski definition) is 1. The van der Waals surface area contributed by atoms with E-state index in [4.69, 9.17) is 0 Å². The number of benzene rings is 1. The molecule has 1 amide bonds. The third-order valence-electron chi connectivity index (χ3n) is 3.07. The number of aryl methyl sites for hydroxylation is 1. The number of carbonyl (C=O) groups excluding carboxylic acids is 1. The van der Waals surface area contributed by atoms with Gasteiger partial charge < -0.3 is 5.32 Å². The number of nitrogens with zero attached hydrogens (tertiary/aromatic N) is 1. The van der Waals surface area contributed by atoms with Crippen LogP contribution in [0.1, 0.15) is 43.9 Å². The average molecular weight is 228 g/mol. The first-order valence-corrected chi connectivity index (χ1v) is 5.79. The largest absolute Gasteiger partial charge is 0.326 e. The maximum atomic E-state index is 11.3. The van der Waals surface area contributed by atoms with E-state index < -0.39 is 0 Å². The Kier molecular flexibility index (Phi) is 2.66. The Bertz CT molecular complexity index is 518. The van der Waals surface area contributed by atoms with Crippen molar-refractivity contribution in [2.24, 2.45) is 0 Å². The van der Waals surface area contributed by atoms with Gasteiger partial charge in [0.25, 0.3) is 0 Å². The van der Waals surface area contributed by atoms with Crippen molar-refractivity contribution in [1.29, 1.82) is 5.26 Å².